The van der Waals surface area contributed by atoms with Crippen molar-refractivity contribution >= 4 is 5.91 Å². The minimum Gasteiger partial charge on any atom is -0.378 e. The van der Waals surface area contributed by atoms with Crippen LogP contribution in [0.3, 0.4) is 0 Å². The molecule has 0 spiro atoms. The molecule has 0 unspecified atom stereocenters. The van der Waals surface area contributed by atoms with E-state index in [2.05, 4.69) is 19.2 Å². The molecule has 2 saturated heterocycles. The summed E-state index contributed by atoms with van der Waals surface area (Å²) in [6, 6.07) is 0.842. The van der Waals surface area contributed by atoms with E-state index in [1.807, 2.05) is 4.90 Å². The molecule has 20 heavy (non-hydrogen) atoms. The molecule has 0 radical (unpaired) electrons. The zero-order chi connectivity index (χ0) is 14.1. The molecule has 1 amide bonds. The van der Waals surface area contributed by atoms with Gasteiger partial charge in [0, 0.05) is 31.2 Å². The van der Waals surface area contributed by atoms with Crippen LogP contribution in [-0.4, -0.2) is 48.2 Å². The maximum Gasteiger partial charge on any atom is 0.239 e. The summed E-state index contributed by atoms with van der Waals surface area (Å²) in [6.07, 6.45) is 7.37. The first-order valence-electron chi connectivity index (χ1n) is 8.35. The van der Waals surface area contributed by atoms with Gasteiger partial charge in [0.2, 0.25) is 5.91 Å². The highest BCUT2D eigenvalue weighted by Gasteiger charge is 2.40. The first kappa shape index (κ1) is 14.3. The Morgan fingerprint density at radius 1 is 1.20 bits per heavy atom. The van der Waals surface area contributed by atoms with Crippen LogP contribution < -0.4 is 5.32 Å². The highest BCUT2D eigenvalue weighted by atomic mass is 16.5. The van der Waals surface area contributed by atoms with E-state index < -0.39 is 0 Å². The number of carbonyl (C=O) groups is 1. The summed E-state index contributed by atoms with van der Waals surface area (Å²) >= 11 is 0. The number of piperidine rings is 1. The van der Waals surface area contributed by atoms with Crippen LogP contribution in [-0.2, 0) is 9.53 Å². The van der Waals surface area contributed by atoms with Crippen LogP contribution >= 0.6 is 0 Å². The van der Waals surface area contributed by atoms with Gasteiger partial charge in [0.1, 0.15) is 0 Å². The predicted octanol–water partition coefficient (Wildman–Crippen LogP) is 1.93. The Labute approximate surface area is 122 Å². The van der Waals surface area contributed by atoms with Gasteiger partial charge >= 0.3 is 0 Å². The van der Waals surface area contributed by atoms with Gasteiger partial charge in [0.25, 0.3) is 0 Å². The summed E-state index contributed by atoms with van der Waals surface area (Å²) in [5.41, 5.74) is 0. The summed E-state index contributed by atoms with van der Waals surface area (Å²) < 4.78 is 5.83. The van der Waals surface area contributed by atoms with Crippen LogP contribution in [0.5, 0.6) is 0 Å². The second-order valence-electron chi connectivity index (χ2n) is 6.89. The van der Waals surface area contributed by atoms with Crippen LogP contribution in [0.2, 0.25) is 0 Å². The van der Waals surface area contributed by atoms with Gasteiger partial charge in [0.05, 0.1) is 12.1 Å². The molecule has 2 heterocycles. The van der Waals surface area contributed by atoms with Crippen molar-refractivity contribution in [3.63, 3.8) is 0 Å². The third-order valence-electron chi connectivity index (χ3n) is 5.29. The molecule has 2 aliphatic heterocycles. The second-order valence-corrected chi connectivity index (χ2v) is 6.89. The quantitative estimate of drug-likeness (QED) is 0.859. The molecular formula is C16H28N2O2. The summed E-state index contributed by atoms with van der Waals surface area (Å²) in [7, 11) is 0. The number of carbonyl (C=O) groups excluding carboxylic acids is 1. The number of amides is 1. The van der Waals surface area contributed by atoms with E-state index in [1.54, 1.807) is 0 Å². The molecule has 0 aromatic carbocycles. The topological polar surface area (TPSA) is 41.6 Å². The van der Waals surface area contributed by atoms with Crippen LogP contribution in [0, 0.1) is 5.92 Å². The largest absolute Gasteiger partial charge is 0.378 e. The third-order valence-corrected chi connectivity index (χ3v) is 5.29. The lowest BCUT2D eigenvalue weighted by atomic mass is 9.81. The molecule has 4 nitrogen and oxygen atoms in total. The highest BCUT2D eigenvalue weighted by Crippen LogP contribution is 2.35. The summed E-state index contributed by atoms with van der Waals surface area (Å²) in [4.78, 5) is 14.6. The van der Waals surface area contributed by atoms with Crippen molar-refractivity contribution in [3.8, 4) is 0 Å². The number of likely N-dealkylation sites (tertiary alicyclic amines) is 1. The molecule has 4 heteroatoms. The van der Waals surface area contributed by atoms with Gasteiger partial charge in [0.15, 0.2) is 0 Å². The van der Waals surface area contributed by atoms with Crippen molar-refractivity contribution in [2.45, 2.75) is 76.6 Å². The molecule has 0 bridgehead atoms. The lowest BCUT2D eigenvalue weighted by Crippen LogP contribution is -2.57. The van der Waals surface area contributed by atoms with Crippen molar-refractivity contribution in [1.82, 2.24) is 10.2 Å². The zero-order valence-electron chi connectivity index (χ0n) is 12.8. The smallest absolute Gasteiger partial charge is 0.239 e. The van der Waals surface area contributed by atoms with Crippen molar-refractivity contribution in [2.24, 2.45) is 5.92 Å². The first-order valence-corrected chi connectivity index (χ1v) is 8.35. The van der Waals surface area contributed by atoms with E-state index in [0.29, 0.717) is 30.0 Å². The Balaban J connectivity index is 1.63. The molecule has 1 N–H and O–H groups in total. The molecular weight excluding hydrogens is 252 g/mol. The van der Waals surface area contributed by atoms with Crippen molar-refractivity contribution in [3.05, 3.63) is 0 Å². The second kappa shape index (κ2) is 6.02. The Morgan fingerprint density at radius 2 is 2.05 bits per heavy atom. The molecule has 0 aromatic rings. The Hall–Kier alpha value is -0.610. The molecule has 114 valence electrons. The number of rotatable bonds is 3. The van der Waals surface area contributed by atoms with Crippen molar-refractivity contribution in [2.75, 3.05) is 13.2 Å². The molecule has 3 aliphatic rings. The number of fused-ring (bicyclic) bond motifs is 1. The molecule has 1 aliphatic carbocycles. The van der Waals surface area contributed by atoms with E-state index in [4.69, 9.17) is 4.74 Å². The minimum absolute atomic E-state index is 0.0375. The van der Waals surface area contributed by atoms with Gasteiger partial charge in [-0.1, -0.05) is 0 Å². The average Bonchev–Trinajstić information content (AvgIpc) is 2.90. The van der Waals surface area contributed by atoms with E-state index in [9.17, 15) is 4.79 Å². The van der Waals surface area contributed by atoms with E-state index in [1.165, 1.54) is 19.3 Å². The SMILES string of the molecule is CC(C)N1CCC[C@H](N[C@@H]2CCC[C@H]3OCC[C@@H]23)C1=O. The molecule has 4 atom stereocenters. The van der Waals surface area contributed by atoms with Gasteiger partial charge in [-0.15, -0.1) is 0 Å². The Morgan fingerprint density at radius 3 is 2.85 bits per heavy atom. The van der Waals surface area contributed by atoms with Crippen molar-refractivity contribution in [1.29, 1.82) is 0 Å². The maximum atomic E-state index is 12.6. The number of nitrogens with zero attached hydrogens (tertiary/aromatic N) is 1. The standard InChI is InChI=1S/C16H28N2O2/c1-11(2)18-9-4-6-14(16(18)19)17-13-5-3-7-15-12(13)8-10-20-15/h11-15,17H,3-10H2,1-2H3/t12-,13+,14-,15+/m0/s1. The monoisotopic (exact) mass is 280 g/mol. The van der Waals surface area contributed by atoms with Crippen LogP contribution in [0.4, 0.5) is 0 Å². The molecule has 3 rings (SSSR count). The van der Waals surface area contributed by atoms with Gasteiger partial charge in [-0.25, -0.2) is 0 Å². The lowest BCUT2D eigenvalue weighted by Gasteiger charge is -2.40. The summed E-state index contributed by atoms with van der Waals surface area (Å²) in [5, 5.41) is 3.69. The average molecular weight is 280 g/mol. The number of hydrogen-bond acceptors (Lipinski definition) is 3. The van der Waals surface area contributed by atoms with E-state index in [-0.39, 0.29) is 6.04 Å². The summed E-state index contributed by atoms with van der Waals surface area (Å²) in [6.45, 7) is 6.06. The zero-order valence-corrected chi connectivity index (χ0v) is 12.8. The van der Waals surface area contributed by atoms with E-state index >= 15 is 0 Å². The fourth-order valence-electron chi connectivity index (χ4n) is 4.21. The fraction of sp³-hybridized carbons (Fsp3) is 0.938. The fourth-order valence-corrected chi connectivity index (χ4v) is 4.21. The Kier molecular flexibility index (Phi) is 4.32. The molecule has 0 aromatic heterocycles. The highest BCUT2D eigenvalue weighted by molar-refractivity contribution is 5.82. The van der Waals surface area contributed by atoms with Gasteiger partial charge in [-0.3, -0.25) is 4.79 Å². The first-order chi connectivity index (χ1) is 9.66. The molecule has 3 fully saturated rings. The Bertz CT molecular complexity index is 358. The lowest BCUT2D eigenvalue weighted by molar-refractivity contribution is -0.138. The van der Waals surface area contributed by atoms with Crippen LogP contribution in [0.15, 0.2) is 0 Å². The normalized spacial score (nSPS) is 38.4. The van der Waals surface area contributed by atoms with Gasteiger partial charge in [-0.05, 0) is 52.4 Å². The van der Waals surface area contributed by atoms with E-state index in [0.717, 1.165) is 32.4 Å². The van der Waals surface area contributed by atoms with Crippen LogP contribution in [0.1, 0.15) is 52.4 Å². The summed E-state index contributed by atoms with van der Waals surface area (Å²) in [5.74, 6) is 0.943. The van der Waals surface area contributed by atoms with Crippen LogP contribution in [0.25, 0.3) is 0 Å². The van der Waals surface area contributed by atoms with Gasteiger partial charge in [-0.2, -0.15) is 0 Å². The molecule has 1 saturated carbocycles. The third kappa shape index (κ3) is 2.73. The predicted molar refractivity (Wildman–Crippen MR) is 78.5 cm³/mol. The maximum absolute atomic E-state index is 12.6. The number of ether oxygens (including phenoxy) is 1. The number of hydrogen-bond donors (Lipinski definition) is 1. The number of nitrogens with one attached hydrogen (secondary N) is 1. The van der Waals surface area contributed by atoms with Gasteiger partial charge < -0.3 is 15.0 Å². The minimum atomic E-state index is 0.0375. The van der Waals surface area contributed by atoms with Crippen molar-refractivity contribution < 1.29 is 9.53 Å².